The van der Waals surface area contributed by atoms with Crippen LogP contribution in [0.4, 0.5) is 11.4 Å². The third-order valence-electron chi connectivity index (χ3n) is 2.49. The Balaban J connectivity index is 2.12. The summed E-state index contributed by atoms with van der Waals surface area (Å²) in [5, 5.41) is 3.64. The molecule has 108 valence electrons. The lowest BCUT2D eigenvalue weighted by Gasteiger charge is -2.10. The fourth-order valence-corrected chi connectivity index (χ4v) is 2.43. The Morgan fingerprint density at radius 3 is 2.75 bits per heavy atom. The number of sulfonamides is 1. The number of hydrogen-bond donors (Lipinski definition) is 3. The van der Waals surface area contributed by atoms with Crippen LogP contribution in [0, 0.1) is 6.92 Å². The van der Waals surface area contributed by atoms with Crippen LogP contribution in [-0.4, -0.2) is 24.6 Å². The van der Waals surface area contributed by atoms with E-state index in [1.165, 1.54) is 0 Å². The molecule has 20 heavy (non-hydrogen) atoms. The number of halogens is 1. The molecule has 6 nitrogen and oxygen atoms in total. The molecule has 0 radical (unpaired) electrons. The van der Waals surface area contributed by atoms with Crippen LogP contribution in [0.25, 0.3) is 0 Å². The molecule has 0 saturated heterocycles. The molecule has 1 heterocycles. The standard InChI is InChI=1S/C12H15ClN4O2S/c1-8-14-6-10(16-8)7-15-12-5-9(3-4-11(12)13)17-20(2,18)19/h3-6,15,17H,7H2,1-2H3,(H,14,16). The van der Waals surface area contributed by atoms with Crippen LogP contribution in [0.15, 0.2) is 24.4 Å². The van der Waals surface area contributed by atoms with Gasteiger partial charge in [0.15, 0.2) is 0 Å². The Kier molecular flexibility index (Phi) is 4.20. The fourth-order valence-electron chi connectivity index (χ4n) is 1.69. The van der Waals surface area contributed by atoms with Crippen molar-refractivity contribution in [3.8, 4) is 0 Å². The number of anilines is 2. The Bertz CT molecular complexity index is 712. The summed E-state index contributed by atoms with van der Waals surface area (Å²) in [4.78, 5) is 7.19. The first-order chi connectivity index (χ1) is 9.33. The van der Waals surface area contributed by atoms with Gasteiger partial charge in [0.2, 0.25) is 10.0 Å². The van der Waals surface area contributed by atoms with Crippen molar-refractivity contribution in [3.63, 3.8) is 0 Å². The maximum atomic E-state index is 11.2. The van der Waals surface area contributed by atoms with Crippen LogP contribution in [0.2, 0.25) is 5.02 Å². The van der Waals surface area contributed by atoms with E-state index in [0.717, 1.165) is 17.8 Å². The molecule has 2 rings (SSSR count). The molecule has 0 atom stereocenters. The number of aryl methyl sites for hydroxylation is 1. The van der Waals surface area contributed by atoms with Gasteiger partial charge in [-0.3, -0.25) is 4.72 Å². The Morgan fingerprint density at radius 2 is 2.15 bits per heavy atom. The molecule has 0 aliphatic heterocycles. The zero-order chi connectivity index (χ0) is 14.8. The normalized spacial score (nSPS) is 11.3. The predicted molar refractivity (Wildman–Crippen MR) is 80.6 cm³/mol. The van der Waals surface area contributed by atoms with Gasteiger partial charge >= 0.3 is 0 Å². The summed E-state index contributed by atoms with van der Waals surface area (Å²) in [5.41, 5.74) is 2.02. The van der Waals surface area contributed by atoms with Crippen molar-refractivity contribution in [1.82, 2.24) is 9.97 Å². The summed E-state index contributed by atoms with van der Waals surface area (Å²) in [5.74, 6) is 0.834. The van der Waals surface area contributed by atoms with Gasteiger partial charge in [0.05, 0.1) is 41.1 Å². The van der Waals surface area contributed by atoms with E-state index in [4.69, 9.17) is 11.6 Å². The Morgan fingerprint density at radius 1 is 1.40 bits per heavy atom. The van der Waals surface area contributed by atoms with Crippen LogP contribution in [0.5, 0.6) is 0 Å². The van der Waals surface area contributed by atoms with E-state index in [2.05, 4.69) is 20.0 Å². The van der Waals surface area contributed by atoms with Crippen molar-refractivity contribution in [2.75, 3.05) is 16.3 Å². The molecule has 1 aromatic heterocycles. The number of nitrogens with one attached hydrogen (secondary N) is 3. The number of rotatable bonds is 5. The van der Waals surface area contributed by atoms with Gasteiger partial charge in [-0.05, 0) is 25.1 Å². The fraction of sp³-hybridized carbons (Fsp3) is 0.250. The van der Waals surface area contributed by atoms with Gasteiger partial charge < -0.3 is 10.3 Å². The summed E-state index contributed by atoms with van der Waals surface area (Å²) < 4.78 is 24.8. The smallest absolute Gasteiger partial charge is 0.229 e. The molecule has 0 amide bonds. The van der Waals surface area contributed by atoms with Crippen LogP contribution in [0.1, 0.15) is 11.5 Å². The summed E-state index contributed by atoms with van der Waals surface area (Å²) >= 11 is 6.07. The lowest BCUT2D eigenvalue weighted by molar-refractivity contribution is 0.607. The summed E-state index contributed by atoms with van der Waals surface area (Å²) in [7, 11) is -3.31. The minimum absolute atomic E-state index is 0.459. The molecule has 0 fully saturated rings. The highest BCUT2D eigenvalue weighted by Gasteiger charge is 2.06. The minimum Gasteiger partial charge on any atom is -0.378 e. The quantitative estimate of drug-likeness (QED) is 0.790. The lowest BCUT2D eigenvalue weighted by atomic mass is 10.3. The van der Waals surface area contributed by atoms with E-state index < -0.39 is 10.0 Å². The molecular weight excluding hydrogens is 300 g/mol. The molecule has 0 bridgehead atoms. The number of hydrogen-bond acceptors (Lipinski definition) is 4. The first kappa shape index (κ1) is 14.7. The zero-order valence-corrected chi connectivity index (χ0v) is 12.6. The largest absolute Gasteiger partial charge is 0.378 e. The van der Waals surface area contributed by atoms with Gasteiger partial charge in [0.25, 0.3) is 0 Å². The summed E-state index contributed by atoms with van der Waals surface area (Å²) in [6.45, 7) is 2.38. The zero-order valence-electron chi connectivity index (χ0n) is 11.1. The van der Waals surface area contributed by atoms with E-state index in [9.17, 15) is 8.42 Å². The predicted octanol–water partition coefficient (Wildman–Crippen LogP) is 2.36. The van der Waals surface area contributed by atoms with Gasteiger partial charge in [0, 0.05) is 0 Å². The van der Waals surface area contributed by atoms with Crippen molar-refractivity contribution >= 4 is 33.0 Å². The molecule has 0 spiro atoms. The van der Waals surface area contributed by atoms with Crippen LogP contribution in [0.3, 0.4) is 0 Å². The van der Waals surface area contributed by atoms with Crippen molar-refractivity contribution in [2.45, 2.75) is 13.5 Å². The van der Waals surface area contributed by atoms with E-state index >= 15 is 0 Å². The van der Waals surface area contributed by atoms with Crippen LogP contribution in [-0.2, 0) is 16.6 Å². The monoisotopic (exact) mass is 314 g/mol. The third-order valence-corrected chi connectivity index (χ3v) is 3.43. The number of nitrogens with zero attached hydrogens (tertiary/aromatic N) is 1. The second kappa shape index (κ2) is 5.72. The molecule has 0 aliphatic carbocycles. The molecule has 3 N–H and O–H groups in total. The Hall–Kier alpha value is -1.73. The first-order valence-electron chi connectivity index (χ1n) is 5.85. The maximum Gasteiger partial charge on any atom is 0.229 e. The lowest BCUT2D eigenvalue weighted by Crippen LogP contribution is -2.10. The van der Waals surface area contributed by atoms with Crippen molar-refractivity contribution < 1.29 is 8.42 Å². The molecule has 8 heteroatoms. The molecule has 1 aromatic carbocycles. The van der Waals surface area contributed by atoms with Gasteiger partial charge in [-0.2, -0.15) is 0 Å². The average molecular weight is 315 g/mol. The second-order valence-electron chi connectivity index (χ2n) is 4.42. The van der Waals surface area contributed by atoms with Gasteiger partial charge in [-0.25, -0.2) is 13.4 Å². The molecule has 0 aliphatic rings. The highest BCUT2D eigenvalue weighted by molar-refractivity contribution is 7.92. The van der Waals surface area contributed by atoms with Gasteiger partial charge in [0.1, 0.15) is 5.82 Å². The van der Waals surface area contributed by atoms with Crippen LogP contribution >= 0.6 is 11.6 Å². The second-order valence-corrected chi connectivity index (χ2v) is 6.57. The highest BCUT2D eigenvalue weighted by atomic mass is 35.5. The first-order valence-corrected chi connectivity index (χ1v) is 8.12. The Labute approximate surface area is 122 Å². The SMILES string of the molecule is Cc1ncc(CNc2cc(NS(C)(=O)=O)ccc2Cl)[nH]1. The third kappa shape index (κ3) is 4.14. The molecule has 0 saturated carbocycles. The van der Waals surface area contributed by atoms with Gasteiger partial charge in [-0.1, -0.05) is 11.6 Å². The number of imidazole rings is 1. The molecule has 0 unspecified atom stereocenters. The summed E-state index contributed by atoms with van der Waals surface area (Å²) in [6, 6.07) is 4.89. The number of benzene rings is 1. The van der Waals surface area contributed by atoms with E-state index in [1.54, 1.807) is 24.4 Å². The number of H-pyrrole nitrogens is 1. The van der Waals surface area contributed by atoms with E-state index in [-0.39, 0.29) is 0 Å². The highest BCUT2D eigenvalue weighted by Crippen LogP contribution is 2.26. The number of aromatic nitrogens is 2. The average Bonchev–Trinajstić information content (AvgIpc) is 2.74. The number of aromatic amines is 1. The van der Waals surface area contributed by atoms with Crippen molar-refractivity contribution in [3.05, 3.63) is 40.9 Å². The van der Waals surface area contributed by atoms with E-state index in [0.29, 0.717) is 22.9 Å². The topological polar surface area (TPSA) is 86.9 Å². The minimum atomic E-state index is -3.31. The van der Waals surface area contributed by atoms with E-state index in [1.807, 2.05) is 6.92 Å². The van der Waals surface area contributed by atoms with Crippen molar-refractivity contribution in [2.24, 2.45) is 0 Å². The van der Waals surface area contributed by atoms with Gasteiger partial charge in [-0.15, -0.1) is 0 Å². The van der Waals surface area contributed by atoms with Crippen LogP contribution < -0.4 is 10.0 Å². The summed E-state index contributed by atoms with van der Waals surface area (Å²) in [6.07, 6.45) is 2.83. The maximum absolute atomic E-state index is 11.2. The molecule has 2 aromatic rings. The van der Waals surface area contributed by atoms with Crippen molar-refractivity contribution in [1.29, 1.82) is 0 Å². The molecular formula is C12H15ClN4O2S.